The number of nitrogens with zero attached hydrogens (tertiary/aromatic N) is 4. The monoisotopic (exact) mass is 580 g/mol. The molecule has 0 bridgehead atoms. The third kappa shape index (κ3) is 6.87. The van der Waals surface area contributed by atoms with Crippen LogP contribution >= 0.6 is 0 Å². The minimum atomic E-state index is -0.401. The van der Waals surface area contributed by atoms with Gasteiger partial charge in [0, 0.05) is 23.0 Å². The maximum Gasteiger partial charge on any atom is 1.00 e. The zero-order valence-corrected chi connectivity index (χ0v) is 29.3. The molecule has 0 spiro atoms. The van der Waals surface area contributed by atoms with Crippen molar-refractivity contribution in [2.45, 2.75) is 100 Å². The second kappa shape index (κ2) is 12.3. The molecule has 1 saturated carbocycles. The normalized spacial score (nSPS) is 22.1. The number of fused-ring (bicyclic) bond motifs is 1. The molecular weight excluding hydrogens is 535 g/mol. The van der Waals surface area contributed by atoms with Gasteiger partial charge in [0.2, 0.25) is 5.69 Å². The topological polar surface area (TPSA) is 83.9 Å². The Labute approximate surface area is 273 Å². The van der Waals surface area contributed by atoms with Crippen molar-refractivity contribution in [2.24, 2.45) is 28.6 Å². The van der Waals surface area contributed by atoms with Crippen LogP contribution in [0.3, 0.4) is 0 Å². The number of ether oxygens (including phenoxy) is 1. The Morgan fingerprint density at radius 1 is 1.05 bits per heavy atom. The standard InChI is InChI=1S/C34H46N4O3.Na/c1-20-16-24(33(5,6)7)29(25(17-20)34(8,9)10)41-27(40)18-23-28(35-11)26(19-39)38-31(23)36-30(37-38)21-12-14-22(15-13-21)32(2,3)4;/h12-15,19-20,24-25,29,39H,16-18H2,1-10H3;/q;+1/p-1/b26-19-;. The summed E-state index contributed by atoms with van der Waals surface area (Å²) in [5.74, 6) is 1.00. The Bertz CT molecular complexity index is 1490. The molecule has 1 aromatic carbocycles. The molecule has 1 aliphatic carbocycles. The van der Waals surface area contributed by atoms with Crippen LogP contribution in [0.2, 0.25) is 0 Å². The maximum absolute atomic E-state index is 13.7. The van der Waals surface area contributed by atoms with E-state index in [4.69, 9.17) is 16.3 Å². The molecule has 4 rings (SSSR count). The van der Waals surface area contributed by atoms with Gasteiger partial charge < -0.3 is 9.84 Å². The molecule has 8 heteroatoms. The van der Waals surface area contributed by atoms with Gasteiger partial charge in [0.15, 0.2) is 5.82 Å². The van der Waals surface area contributed by atoms with Crippen LogP contribution in [0, 0.1) is 35.2 Å². The molecule has 1 aliphatic rings. The molecule has 7 nitrogen and oxygen atoms in total. The minimum Gasteiger partial charge on any atom is -0.877 e. The van der Waals surface area contributed by atoms with Gasteiger partial charge in [0.1, 0.15) is 11.8 Å². The van der Waals surface area contributed by atoms with Gasteiger partial charge in [-0.3, -0.25) is 4.79 Å². The fourth-order valence-electron chi connectivity index (χ4n) is 6.38. The first-order valence-electron chi connectivity index (χ1n) is 14.7. The van der Waals surface area contributed by atoms with Crippen LogP contribution in [-0.2, 0) is 21.4 Å². The van der Waals surface area contributed by atoms with E-state index in [1.165, 1.54) is 10.1 Å². The molecular formula is C34H45N4NaO3. The zero-order valence-electron chi connectivity index (χ0n) is 27.3. The van der Waals surface area contributed by atoms with E-state index >= 15 is 0 Å². The van der Waals surface area contributed by atoms with Crippen LogP contribution < -0.4 is 40.0 Å². The Morgan fingerprint density at radius 2 is 1.60 bits per heavy atom. The van der Waals surface area contributed by atoms with Crippen molar-refractivity contribution in [3.63, 3.8) is 0 Å². The van der Waals surface area contributed by atoms with E-state index in [1.54, 1.807) is 0 Å². The third-order valence-corrected chi connectivity index (χ3v) is 8.79. The molecule has 0 amide bonds. The molecule has 0 radical (unpaired) electrons. The van der Waals surface area contributed by atoms with E-state index in [0.29, 0.717) is 29.2 Å². The van der Waals surface area contributed by atoms with Crippen LogP contribution in [0.5, 0.6) is 0 Å². The van der Waals surface area contributed by atoms with E-state index in [9.17, 15) is 9.90 Å². The van der Waals surface area contributed by atoms with Crippen LogP contribution in [0.1, 0.15) is 93.2 Å². The Kier molecular flexibility index (Phi) is 9.99. The van der Waals surface area contributed by atoms with Crippen molar-refractivity contribution >= 4 is 23.6 Å². The molecule has 0 aliphatic heterocycles. The molecule has 0 saturated heterocycles. The van der Waals surface area contributed by atoms with Gasteiger partial charge in [-0.1, -0.05) is 93.5 Å². The van der Waals surface area contributed by atoms with Gasteiger partial charge >= 0.3 is 35.5 Å². The number of carbonyl (C=O) groups is 1. The van der Waals surface area contributed by atoms with Gasteiger partial charge in [-0.2, -0.15) is 0 Å². The SMILES string of the molecule is [C-]#[N+]c1c(CC(=O)OC2C(C(C)(C)C)CC(C)CC2C(C)(C)C)c2nc(-c3ccc(C(C)(C)C)cc3)nn2/c1=C\[O-].[Na+]. The van der Waals surface area contributed by atoms with Crippen LogP contribution in [0.25, 0.3) is 28.1 Å². The average molecular weight is 581 g/mol. The Balaban J connectivity index is 0.00000484. The minimum absolute atomic E-state index is 0. The molecule has 220 valence electrons. The van der Waals surface area contributed by atoms with Crippen molar-refractivity contribution < 1.29 is 44.2 Å². The number of aromatic nitrogens is 3. The second-order valence-corrected chi connectivity index (χ2v) is 15.1. The number of rotatable bonds is 4. The number of benzene rings is 1. The first-order chi connectivity index (χ1) is 19.0. The van der Waals surface area contributed by atoms with E-state index in [0.717, 1.165) is 18.4 Å². The van der Waals surface area contributed by atoms with Crippen LogP contribution in [0.15, 0.2) is 24.3 Å². The Hall–Kier alpha value is -2.40. The van der Waals surface area contributed by atoms with Crippen molar-refractivity contribution in [1.82, 2.24) is 14.6 Å². The average Bonchev–Trinajstić information content (AvgIpc) is 3.40. The number of carbonyl (C=O) groups excluding carboxylic acids is 1. The smallest absolute Gasteiger partial charge is 0.877 e. The maximum atomic E-state index is 13.7. The van der Waals surface area contributed by atoms with E-state index < -0.39 is 5.97 Å². The van der Waals surface area contributed by atoms with Gasteiger partial charge in [-0.05, 0) is 40.6 Å². The summed E-state index contributed by atoms with van der Waals surface area (Å²) in [4.78, 5) is 22.0. The van der Waals surface area contributed by atoms with Crippen molar-refractivity contribution in [1.29, 1.82) is 0 Å². The number of hydrogen-bond acceptors (Lipinski definition) is 5. The molecule has 0 N–H and O–H groups in total. The summed E-state index contributed by atoms with van der Waals surface area (Å²) in [5.41, 5.74) is 2.78. The summed E-state index contributed by atoms with van der Waals surface area (Å²) in [6.45, 7) is 29.9. The summed E-state index contributed by atoms with van der Waals surface area (Å²) in [6, 6.07) is 8.02. The van der Waals surface area contributed by atoms with E-state index in [-0.39, 0.29) is 81.2 Å². The molecule has 2 unspecified atom stereocenters. The largest absolute Gasteiger partial charge is 1.00 e. The quantitative estimate of drug-likeness (QED) is 0.269. The van der Waals surface area contributed by atoms with Crippen LogP contribution in [0.4, 0.5) is 5.69 Å². The Morgan fingerprint density at radius 3 is 2.05 bits per heavy atom. The van der Waals surface area contributed by atoms with Crippen molar-refractivity contribution in [2.75, 3.05) is 0 Å². The summed E-state index contributed by atoms with van der Waals surface area (Å²) in [6.07, 6.45) is 2.24. The van der Waals surface area contributed by atoms with Crippen molar-refractivity contribution in [3.8, 4) is 11.4 Å². The first kappa shape index (κ1) is 34.1. The third-order valence-electron chi connectivity index (χ3n) is 8.79. The van der Waals surface area contributed by atoms with Gasteiger partial charge in [-0.15, -0.1) is 11.4 Å². The number of esters is 1. The van der Waals surface area contributed by atoms with E-state index in [1.807, 2.05) is 24.3 Å². The zero-order chi connectivity index (χ0) is 30.5. The molecule has 2 heterocycles. The summed E-state index contributed by atoms with van der Waals surface area (Å²) in [5, 5.41) is 16.8. The second-order valence-electron chi connectivity index (χ2n) is 15.1. The molecule has 3 aromatic rings. The molecule has 1 fully saturated rings. The summed E-state index contributed by atoms with van der Waals surface area (Å²) >= 11 is 0. The summed E-state index contributed by atoms with van der Waals surface area (Å²) < 4.78 is 7.76. The number of hydrogen-bond donors (Lipinski definition) is 0. The first-order valence-corrected chi connectivity index (χ1v) is 14.7. The molecule has 2 aromatic heterocycles. The van der Waals surface area contributed by atoms with Gasteiger partial charge in [0.25, 0.3) is 0 Å². The molecule has 42 heavy (non-hydrogen) atoms. The van der Waals surface area contributed by atoms with Gasteiger partial charge in [-0.25, -0.2) is 14.3 Å². The fourth-order valence-corrected chi connectivity index (χ4v) is 6.38. The van der Waals surface area contributed by atoms with Crippen molar-refractivity contribution in [3.05, 3.63) is 52.2 Å². The summed E-state index contributed by atoms with van der Waals surface area (Å²) in [7, 11) is 0. The predicted octanol–water partition coefficient (Wildman–Crippen LogP) is 3.27. The predicted molar refractivity (Wildman–Crippen MR) is 161 cm³/mol. The molecule has 2 atom stereocenters. The fraction of sp³-hybridized carbons (Fsp3) is 0.588. The van der Waals surface area contributed by atoms with E-state index in [2.05, 4.69) is 79.2 Å². The van der Waals surface area contributed by atoms with Gasteiger partial charge in [0.05, 0.1) is 18.3 Å². The van der Waals surface area contributed by atoms with Crippen LogP contribution in [-0.4, -0.2) is 26.7 Å².